The number of benzene rings is 1. The smallest absolute Gasteiger partial charge is 0.348 e. The van der Waals surface area contributed by atoms with Gasteiger partial charge in [0, 0.05) is 17.7 Å². The lowest BCUT2D eigenvalue weighted by Gasteiger charge is -2.27. The average molecular weight is 576 g/mol. The summed E-state index contributed by atoms with van der Waals surface area (Å²) in [4.78, 5) is 36.2. The number of nitrogens with zero attached hydrogens (tertiary/aromatic N) is 5. The number of aliphatic carboxylic acids is 2. The molecule has 0 amide bonds. The molecule has 4 aromatic rings. The normalized spacial score (nSPS) is 21.2. The van der Waals surface area contributed by atoms with Gasteiger partial charge in [-0.3, -0.25) is 9.67 Å². The van der Waals surface area contributed by atoms with Crippen LogP contribution in [0.2, 0.25) is 5.28 Å². The summed E-state index contributed by atoms with van der Waals surface area (Å²) in [6.07, 6.45) is -4.49. The fourth-order valence-corrected chi connectivity index (χ4v) is 4.71. The van der Waals surface area contributed by atoms with E-state index in [4.69, 9.17) is 26.8 Å². The number of hydrogen-bond donors (Lipinski definition) is 5. The predicted octanol–water partition coefficient (Wildman–Crippen LogP) is 1.52. The van der Waals surface area contributed by atoms with Crippen LogP contribution < -0.4 is 5.73 Å². The number of nitrogens with two attached hydrogens (primary N) is 1. The van der Waals surface area contributed by atoms with Gasteiger partial charge in [0.05, 0.1) is 19.1 Å². The summed E-state index contributed by atoms with van der Waals surface area (Å²) in [5, 5.41) is 36.9. The largest absolute Gasteiger partial charge is 0.479 e. The van der Waals surface area contributed by atoms with Crippen molar-refractivity contribution < 1.29 is 38.8 Å². The molecule has 1 aliphatic rings. The summed E-state index contributed by atoms with van der Waals surface area (Å²) in [5.41, 5.74) is 5.98. The van der Waals surface area contributed by atoms with Gasteiger partial charge in [-0.05, 0) is 29.7 Å². The number of carboxylic acid groups (broad SMARTS) is 2. The lowest BCUT2D eigenvalue weighted by Crippen LogP contribution is -2.52. The van der Waals surface area contributed by atoms with E-state index < -0.39 is 55.2 Å². The number of aliphatic hydroxyl groups is 1. The van der Waals surface area contributed by atoms with Crippen molar-refractivity contribution in [3.63, 3.8) is 0 Å². The van der Waals surface area contributed by atoms with Crippen molar-refractivity contribution in [3.8, 4) is 11.1 Å². The molecule has 14 nitrogen and oxygen atoms in total. The zero-order chi connectivity index (χ0) is 28.8. The predicted molar refractivity (Wildman–Crippen MR) is 136 cm³/mol. The van der Waals surface area contributed by atoms with Crippen molar-refractivity contribution in [3.05, 3.63) is 53.3 Å². The van der Waals surface area contributed by atoms with Crippen molar-refractivity contribution in [2.45, 2.75) is 43.6 Å². The van der Waals surface area contributed by atoms with E-state index >= 15 is 4.39 Å². The molecule has 0 spiro atoms. The number of fused-ring (bicyclic) bond motifs is 1. The molecule has 40 heavy (non-hydrogen) atoms. The van der Waals surface area contributed by atoms with Gasteiger partial charge in [0.2, 0.25) is 5.28 Å². The van der Waals surface area contributed by atoms with Crippen LogP contribution in [-0.2, 0) is 25.5 Å². The first-order valence-electron chi connectivity index (χ1n) is 11.8. The van der Waals surface area contributed by atoms with Crippen LogP contribution >= 0.6 is 11.6 Å². The summed E-state index contributed by atoms with van der Waals surface area (Å²) in [7, 11) is 0. The van der Waals surface area contributed by atoms with Gasteiger partial charge in [-0.2, -0.15) is 15.1 Å². The average Bonchev–Trinajstić information content (AvgIpc) is 3.60. The molecule has 0 bridgehead atoms. The molecule has 1 fully saturated rings. The van der Waals surface area contributed by atoms with Crippen molar-refractivity contribution >= 4 is 40.5 Å². The summed E-state index contributed by atoms with van der Waals surface area (Å²) < 4.78 is 27.4. The van der Waals surface area contributed by atoms with Gasteiger partial charge in [-0.15, -0.1) is 0 Å². The molecular formula is C24H23ClFN7O7. The lowest BCUT2D eigenvalue weighted by molar-refractivity contribution is -0.190. The number of hydrogen-bond acceptors (Lipinski definition) is 10. The Labute approximate surface area is 229 Å². The first kappa shape index (κ1) is 27.4. The van der Waals surface area contributed by atoms with E-state index in [2.05, 4.69) is 25.1 Å². The Morgan fingerprint density at radius 3 is 2.58 bits per heavy atom. The number of aliphatic hydroxyl groups excluding tert-OH is 1. The second kappa shape index (κ2) is 10.4. The Bertz CT molecular complexity index is 1560. The highest BCUT2D eigenvalue weighted by Gasteiger charge is 2.52. The van der Waals surface area contributed by atoms with Crippen molar-refractivity contribution in [2.75, 3.05) is 12.3 Å². The van der Waals surface area contributed by atoms with Crippen LogP contribution in [0.4, 0.5) is 10.2 Å². The van der Waals surface area contributed by atoms with Crippen LogP contribution in [-0.4, -0.2) is 87.6 Å². The van der Waals surface area contributed by atoms with E-state index in [9.17, 15) is 24.9 Å². The van der Waals surface area contributed by atoms with Crippen molar-refractivity contribution in [1.82, 2.24) is 29.7 Å². The highest BCUT2D eigenvalue weighted by atomic mass is 35.5. The Hall–Kier alpha value is -4.18. The first-order valence-corrected chi connectivity index (χ1v) is 12.2. The summed E-state index contributed by atoms with van der Waals surface area (Å²) in [5.74, 6) is -3.61. The van der Waals surface area contributed by atoms with Crippen LogP contribution in [0.3, 0.4) is 0 Å². The number of halogens is 2. The third-order valence-electron chi connectivity index (χ3n) is 6.72. The van der Waals surface area contributed by atoms with Crippen LogP contribution in [0, 0.1) is 6.92 Å². The molecule has 4 heterocycles. The fourth-order valence-electron chi connectivity index (χ4n) is 4.54. The van der Waals surface area contributed by atoms with Crippen LogP contribution in [0.1, 0.15) is 17.5 Å². The monoisotopic (exact) mass is 575 g/mol. The quantitative estimate of drug-likeness (QED) is 0.142. The molecule has 0 radical (unpaired) electrons. The third kappa shape index (κ3) is 4.72. The van der Waals surface area contributed by atoms with Gasteiger partial charge in [0.15, 0.2) is 23.9 Å². The standard InChI is InChI=1S/C24H23ClFN7O7/c1-10-13(7-29-32-10)12-4-2-11(3-5-12)6-24(21(35)36,22(37)38)39-8-14-17(34)15(26)20(40-14)33-9-28-16-18(27)30-23(25)31-19(16)33/h2-5,7,9,14-15,17,20,34H,6,8H2,1H3,(H,29,32)(H,35,36)(H,37,38)(H2,27,30,31)/t14-,15+,17-,20-/m1/s1. The van der Waals surface area contributed by atoms with E-state index in [0.717, 1.165) is 21.4 Å². The highest BCUT2D eigenvalue weighted by molar-refractivity contribution is 6.28. The number of nitrogens with one attached hydrogen (secondary N) is 1. The Balaban J connectivity index is 1.35. The molecule has 0 saturated carbocycles. The first-order chi connectivity index (χ1) is 19.0. The lowest BCUT2D eigenvalue weighted by atomic mass is 9.93. The van der Waals surface area contributed by atoms with Gasteiger partial charge in [-0.25, -0.2) is 19.0 Å². The summed E-state index contributed by atoms with van der Waals surface area (Å²) in [6, 6.07) is 6.54. The SMILES string of the molecule is Cc1[nH]ncc1-c1ccc(CC(OC[C@H]2O[C@@H](n3cnc4c(N)nc(Cl)nc43)[C@@H](F)[C@@H]2O)(C(=O)O)C(=O)O)cc1. The number of carboxylic acids is 2. The molecule has 5 rings (SSSR count). The minimum absolute atomic E-state index is 0.0402. The maximum absolute atomic E-state index is 15.2. The highest BCUT2D eigenvalue weighted by Crippen LogP contribution is 2.35. The number of rotatable bonds is 9. The summed E-state index contributed by atoms with van der Waals surface area (Å²) in [6.45, 7) is 1.08. The number of nitrogen functional groups attached to an aromatic ring is 1. The van der Waals surface area contributed by atoms with E-state index in [0.29, 0.717) is 5.56 Å². The van der Waals surface area contributed by atoms with E-state index in [1.807, 2.05) is 6.92 Å². The number of aromatic amines is 1. The van der Waals surface area contributed by atoms with Gasteiger partial charge < -0.3 is 30.5 Å². The number of imidazole rings is 1. The second-order valence-electron chi connectivity index (χ2n) is 9.23. The van der Waals surface area contributed by atoms with Crippen LogP contribution in [0.5, 0.6) is 0 Å². The zero-order valence-corrected chi connectivity index (χ0v) is 21.5. The van der Waals surface area contributed by atoms with Gasteiger partial charge in [0.1, 0.15) is 17.7 Å². The van der Waals surface area contributed by atoms with E-state index in [-0.39, 0.29) is 22.3 Å². The van der Waals surface area contributed by atoms with Gasteiger partial charge in [0.25, 0.3) is 5.60 Å². The number of alkyl halides is 1. The van der Waals surface area contributed by atoms with Gasteiger partial charge >= 0.3 is 11.9 Å². The third-order valence-corrected chi connectivity index (χ3v) is 6.89. The molecule has 16 heteroatoms. The maximum Gasteiger partial charge on any atom is 0.348 e. The molecular weight excluding hydrogens is 553 g/mol. The molecule has 1 aromatic carbocycles. The van der Waals surface area contributed by atoms with E-state index in [1.165, 1.54) is 6.33 Å². The van der Waals surface area contributed by atoms with Gasteiger partial charge in [-0.1, -0.05) is 24.3 Å². The van der Waals surface area contributed by atoms with Crippen molar-refractivity contribution in [2.24, 2.45) is 0 Å². The van der Waals surface area contributed by atoms with Crippen LogP contribution in [0.15, 0.2) is 36.8 Å². The molecule has 4 atom stereocenters. The maximum atomic E-state index is 15.2. The number of anilines is 1. The molecule has 0 aliphatic carbocycles. The zero-order valence-electron chi connectivity index (χ0n) is 20.7. The number of ether oxygens (including phenoxy) is 2. The fraction of sp³-hybridized carbons (Fsp3) is 0.333. The molecule has 3 aromatic heterocycles. The minimum atomic E-state index is -2.75. The number of aromatic nitrogens is 6. The Morgan fingerprint density at radius 2 is 1.95 bits per heavy atom. The molecule has 6 N–H and O–H groups in total. The molecule has 1 aliphatic heterocycles. The van der Waals surface area contributed by atoms with Crippen molar-refractivity contribution in [1.29, 1.82) is 0 Å². The summed E-state index contributed by atoms with van der Waals surface area (Å²) >= 11 is 5.86. The molecule has 0 unspecified atom stereocenters. The minimum Gasteiger partial charge on any atom is -0.479 e. The molecule has 210 valence electrons. The van der Waals surface area contributed by atoms with Crippen LogP contribution in [0.25, 0.3) is 22.3 Å². The van der Waals surface area contributed by atoms with E-state index in [1.54, 1.807) is 30.5 Å². The number of aryl methyl sites for hydroxylation is 1. The molecule has 1 saturated heterocycles. The number of H-pyrrole nitrogens is 1. The topological polar surface area (TPSA) is 212 Å². The number of carbonyl (C=O) groups is 2. The Morgan fingerprint density at radius 1 is 1.25 bits per heavy atom. The second-order valence-corrected chi connectivity index (χ2v) is 9.57. The Kier molecular flexibility index (Phi) is 7.14.